The van der Waals surface area contributed by atoms with E-state index in [2.05, 4.69) is 16.1 Å². The van der Waals surface area contributed by atoms with Gasteiger partial charge in [-0.2, -0.15) is 9.78 Å². The van der Waals surface area contributed by atoms with Crippen LogP contribution in [-0.2, 0) is 5.41 Å². The number of pyridine rings is 1. The lowest BCUT2D eigenvalue weighted by molar-refractivity contribution is 0.747. The molecule has 2 heterocycles. The minimum absolute atomic E-state index is 0.160. The summed E-state index contributed by atoms with van der Waals surface area (Å²) in [4.78, 5) is 4.33. The number of nitrogens with one attached hydrogen (secondary N) is 2. The van der Waals surface area contributed by atoms with Crippen LogP contribution in [0.3, 0.4) is 0 Å². The van der Waals surface area contributed by atoms with Gasteiger partial charge in [0.05, 0.1) is 10.9 Å². The maximum absolute atomic E-state index is 8.58. The molecule has 0 bridgehead atoms. The maximum atomic E-state index is 8.58. The predicted molar refractivity (Wildman–Crippen MR) is 88.9 cm³/mol. The molecule has 0 unspecified atom stereocenters. The van der Waals surface area contributed by atoms with E-state index in [0.717, 1.165) is 29.3 Å². The molecule has 0 radical (unpaired) electrons. The van der Waals surface area contributed by atoms with Gasteiger partial charge in [-0.05, 0) is 48.7 Å². The molecule has 0 amide bonds. The molecule has 0 atom stereocenters. The lowest BCUT2D eigenvalue weighted by Crippen LogP contribution is -2.36. The number of halogens is 1. The Morgan fingerprint density at radius 2 is 2.00 bits per heavy atom. The number of fused-ring (bicyclic) bond motifs is 1. The molecule has 1 aromatic carbocycles. The van der Waals surface area contributed by atoms with Crippen molar-refractivity contribution in [1.29, 1.82) is 10.8 Å². The average molecular weight is 324 g/mol. The molecule has 6 heteroatoms. The molecule has 1 saturated carbocycles. The summed E-state index contributed by atoms with van der Waals surface area (Å²) in [5.74, 6) is 0.299. The Morgan fingerprint density at radius 3 is 2.78 bits per heavy atom. The van der Waals surface area contributed by atoms with Crippen molar-refractivity contribution in [2.24, 2.45) is 0 Å². The number of rotatable bonds is 2. The van der Waals surface area contributed by atoms with Gasteiger partial charge in [-0.3, -0.25) is 15.8 Å². The highest BCUT2D eigenvalue weighted by molar-refractivity contribution is 6.29. The first-order chi connectivity index (χ1) is 11.1. The van der Waals surface area contributed by atoms with Gasteiger partial charge in [-0.1, -0.05) is 23.7 Å². The third-order valence-corrected chi connectivity index (χ3v) is 4.57. The molecule has 3 aromatic rings. The summed E-state index contributed by atoms with van der Waals surface area (Å²) < 4.78 is 1.32. The van der Waals surface area contributed by atoms with Crippen LogP contribution in [0, 0.1) is 10.8 Å². The van der Waals surface area contributed by atoms with Gasteiger partial charge in [0.1, 0.15) is 16.5 Å². The van der Waals surface area contributed by atoms with Crippen LogP contribution in [0.25, 0.3) is 10.9 Å². The van der Waals surface area contributed by atoms with Crippen molar-refractivity contribution in [2.45, 2.75) is 18.3 Å². The van der Waals surface area contributed by atoms with Crippen LogP contribution in [0.5, 0.6) is 0 Å². The minimum Gasteiger partial charge on any atom is -0.286 e. The fourth-order valence-corrected chi connectivity index (χ4v) is 3.07. The second-order valence-corrected chi connectivity index (χ2v) is 6.18. The Bertz CT molecular complexity index is 987. The zero-order valence-corrected chi connectivity index (χ0v) is 13.0. The van der Waals surface area contributed by atoms with E-state index < -0.39 is 0 Å². The monoisotopic (exact) mass is 323 g/mol. The number of aromatic nitrogens is 3. The van der Waals surface area contributed by atoms with Crippen molar-refractivity contribution in [3.63, 3.8) is 0 Å². The fraction of sp³-hybridized carbons (Fsp3) is 0.176. The highest BCUT2D eigenvalue weighted by Gasteiger charge is 2.49. The van der Waals surface area contributed by atoms with E-state index in [1.165, 1.54) is 4.68 Å². The zero-order valence-electron chi connectivity index (χ0n) is 12.3. The fourth-order valence-electron chi connectivity index (χ4n) is 2.93. The average Bonchev–Trinajstić information content (AvgIpc) is 3.38. The third-order valence-electron chi connectivity index (χ3n) is 4.37. The van der Waals surface area contributed by atoms with Crippen LogP contribution in [0.2, 0.25) is 5.15 Å². The van der Waals surface area contributed by atoms with Crippen molar-refractivity contribution in [2.75, 3.05) is 0 Å². The van der Waals surface area contributed by atoms with Crippen LogP contribution in [0.15, 0.2) is 48.7 Å². The molecule has 1 fully saturated rings. The highest BCUT2D eigenvalue weighted by atomic mass is 35.5. The van der Waals surface area contributed by atoms with Gasteiger partial charge in [-0.15, -0.1) is 0 Å². The van der Waals surface area contributed by atoms with E-state index in [-0.39, 0.29) is 16.1 Å². The standard InChI is InChI=1S/C17H14ClN5/c18-14-5-6-15(19)23(22-14)16(20)17(7-8-17)12-3-4-13-11(10-12)2-1-9-21-13/h1-6,9-10,19-20H,7-8H2. The largest absolute Gasteiger partial charge is 0.286 e. The summed E-state index contributed by atoms with van der Waals surface area (Å²) in [6.07, 6.45) is 3.52. The van der Waals surface area contributed by atoms with Crippen molar-refractivity contribution >= 4 is 28.3 Å². The topological polar surface area (TPSA) is 78.4 Å². The Labute approximate surface area is 137 Å². The van der Waals surface area contributed by atoms with Gasteiger partial charge in [-0.25, -0.2) is 0 Å². The highest BCUT2D eigenvalue weighted by Crippen LogP contribution is 2.49. The molecule has 0 spiro atoms. The second kappa shape index (κ2) is 4.99. The van der Waals surface area contributed by atoms with Gasteiger partial charge in [0.2, 0.25) is 0 Å². The van der Waals surface area contributed by atoms with Gasteiger partial charge >= 0.3 is 0 Å². The van der Waals surface area contributed by atoms with E-state index in [4.69, 9.17) is 22.4 Å². The van der Waals surface area contributed by atoms with Crippen LogP contribution >= 0.6 is 11.6 Å². The van der Waals surface area contributed by atoms with Gasteiger partial charge in [0, 0.05) is 11.6 Å². The molecule has 2 aromatic heterocycles. The summed E-state index contributed by atoms with van der Waals surface area (Å²) in [7, 11) is 0. The molecule has 4 rings (SSSR count). The molecule has 23 heavy (non-hydrogen) atoms. The Balaban J connectivity index is 1.81. The quantitative estimate of drug-likeness (QED) is 0.561. The van der Waals surface area contributed by atoms with Crippen molar-refractivity contribution in [3.8, 4) is 0 Å². The number of hydrogen-bond donors (Lipinski definition) is 2. The predicted octanol–water partition coefficient (Wildman–Crippen LogP) is 3.12. The second-order valence-electron chi connectivity index (χ2n) is 5.79. The summed E-state index contributed by atoms with van der Waals surface area (Å²) in [6, 6.07) is 13.1. The summed E-state index contributed by atoms with van der Waals surface area (Å²) in [5, 5.41) is 22.0. The van der Waals surface area contributed by atoms with Gasteiger partial charge in [0.25, 0.3) is 0 Å². The molecule has 1 aliphatic rings. The molecule has 0 aliphatic heterocycles. The van der Waals surface area contributed by atoms with Gasteiger partial charge < -0.3 is 0 Å². The lowest BCUT2D eigenvalue weighted by atomic mass is 9.93. The van der Waals surface area contributed by atoms with E-state index in [9.17, 15) is 0 Å². The first-order valence-electron chi connectivity index (χ1n) is 7.35. The van der Waals surface area contributed by atoms with E-state index in [0.29, 0.717) is 5.84 Å². The van der Waals surface area contributed by atoms with E-state index in [1.807, 2.05) is 24.3 Å². The number of nitrogens with zero attached hydrogens (tertiary/aromatic N) is 3. The van der Waals surface area contributed by atoms with Crippen molar-refractivity contribution in [3.05, 3.63) is 64.9 Å². The Morgan fingerprint density at radius 1 is 1.17 bits per heavy atom. The number of hydrogen-bond acceptors (Lipinski definition) is 4. The lowest BCUT2D eigenvalue weighted by Gasteiger charge is -2.19. The van der Waals surface area contributed by atoms with Crippen molar-refractivity contribution in [1.82, 2.24) is 14.8 Å². The minimum atomic E-state index is -0.387. The van der Waals surface area contributed by atoms with Crippen LogP contribution in [-0.4, -0.2) is 20.6 Å². The molecular formula is C17H14ClN5. The first-order valence-corrected chi connectivity index (χ1v) is 7.73. The molecule has 2 N–H and O–H groups in total. The number of benzene rings is 1. The zero-order chi connectivity index (χ0) is 16.0. The summed E-state index contributed by atoms with van der Waals surface area (Å²) in [6.45, 7) is 0. The van der Waals surface area contributed by atoms with Crippen molar-refractivity contribution < 1.29 is 0 Å². The smallest absolute Gasteiger partial charge is 0.150 e. The Kier molecular flexibility index (Phi) is 3.06. The first kappa shape index (κ1) is 14.1. The summed E-state index contributed by atoms with van der Waals surface area (Å²) >= 11 is 5.94. The third kappa shape index (κ3) is 2.24. The molecule has 0 saturated heterocycles. The maximum Gasteiger partial charge on any atom is 0.150 e. The van der Waals surface area contributed by atoms with Crippen LogP contribution in [0.4, 0.5) is 0 Å². The molecule has 1 aliphatic carbocycles. The van der Waals surface area contributed by atoms with E-state index in [1.54, 1.807) is 18.3 Å². The molecule has 5 nitrogen and oxygen atoms in total. The van der Waals surface area contributed by atoms with Crippen LogP contribution in [0.1, 0.15) is 18.4 Å². The SMILES string of the molecule is N=C(n1nc(Cl)ccc1=N)C1(c2ccc3ncccc3c2)CC1. The molecular weight excluding hydrogens is 310 g/mol. The Hall–Kier alpha value is -2.53. The molecule has 114 valence electrons. The van der Waals surface area contributed by atoms with Gasteiger partial charge in [0.15, 0.2) is 0 Å². The summed E-state index contributed by atoms with van der Waals surface area (Å²) in [5.41, 5.74) is 1.78. The van der Waals surface area contributed by atoms with E-state index >= 15 is 0 Å². The normalized spacial score (nSPS) is 15.5. The van der Waals surface area contributed by atoms with Crippen LogP contribution < -0.4 is 5.49 Å².